The van der Waals surface area contributed by atoms with Crippen molar-refractivity contribution in [3.05, 3.63) is 0 Å². The van der Waals surface area contributed by atoms with Crippen molar-refractivity contribution in [2.24, 2.45) is 5.92 Å². The van der Waals surface area contributed by atoms with E-state index in [1.54, 1.807) is 0 Å². The number of terminal acetylenes is 1. The van der Waals surface area contributed by atoms with Crippen molar-refractivity contribution in [1.82, 2.24) is 0 Å². The van der Waals surface area contributed by atoms with Gasteiger partial charge in [-0.05, 0) is 0 Å². The van der Waals surface area contributed by atoms with Crippen molar-refractivity contribution in [2.45, 2.75) is 12.3 Å². The lowest BCUT2D eigenvalue weighted by molar-refractivity contribution is -0.195. The van der Waals surface area contributed by atoms with E-state index >= 15 is 0 Å². The summed E-state index contributed by atoms with van der Waals surface area (Å²) in [7, 11) is 0. The SMILES string of the molecule is C#CC1CS(=O)OC1C(F)(F)F. The van der Waals surface area contributed by atoms with E-state index in [2.05, 4.69) is 4.18 Å². The van der Waals surface area contributed by atoms with Crippen LogP contribution in [0.5, 0.6) is 0 Å². The summed E-state index contributed by atoms with van der Waals surface area (Å²) in [6.07, 6.45) is -1.77. The van der Waals surface area contributed by atoms with Crippen LogP contribution in [0.4, 0.5) is 13.2 Å². The summed E-state index contributed by atoms with van der Waals surface area (Å²) in [5, 5.41) is 0. The number of hydrogen-bond acceptors (Lipinski definition) is 2. The Kier molecular flexibility index (Phi) is 2.44. The molecule has 1 fully saturated rings. The van der Waals surface area contributed by atoms with Crippen LogP contribution in [-0.2, 0) is 15.3 Å². The summed E-state index contributed by atoms with van der Waals surface area (Å²) in [4.78, 5) is 0. The summed E-state index contributed by atoms with van der Waals surface area (Å²) in [5.41, 5.74) is 0. The van der Waals surface area contributed by atoms with Gasteiger partial charge in [0.05, 0.1) is 11.7 Å². The highest BCUT2D eigenvalue weighted by Gasteiger charge is 2.51. The molecule has 1 aliphatic heterocycles. The molecule has 0 aromatic carbocycles. The second kappa shape index (κ2) is 3.07. The summed E-state index contributed by atoms with van der Waals surface area (Å²) in [5.74, 6) is 0.558. The molecule has 0 aromatic rings. The Hall–Kier alpha value is -0.540. The van der Waals surface area contributed by atoms with E-state index in [4.69, 9.17) is 6.42 Å². The summed E-state index contributed by atoms with van der Waals surface area (Å²) < 4.78 is 50.7. The molecular weight excluding hydrogens is 193 g/mol. The number of rotatable bonds is 0. The minimum absolute atomic E-state index is 0.235. The fraction of sp³-hybridized carbons (Fsp3) is 0.667. The molecule has 12 heavy (non-hydrogen) atoms. The Morgan fingerprint density at radius 2 is 2.17 bits per heavy atom. The van der Waals surface area contributed by atoms with Gasteiger partial charge in [-0.3, -0.25) is 4.18 Å². The van der Waals surface area contributed by atoms with Crippen LogP contribution in [0.3, 0.4) is 0 Å². The lowest BCUT2D eigenvalue weighted by Gasteiger charge is -2.15. The standard InChI is InChI=1S/C6H5F3O2S/c1-2-4-3-12(10)11-5(4)6(7,8)9/h1,4-5H,3H2. The number of halogens is 3. The van der Waals surface area contributed by atoms with E-state index in [-0.39, 0.29) is 5.75 Å². The van der Waals surface area contributed by atoms with Crippen molar-refractivity contribution >= 4 is 11.1 Å². The largest absolute Gasteiger partial charge is 0.417 e. The molecule has 3 atom stereocenters. The minimum Gasteiger partial charge on any atom is -0.276 e. The predicted octanol–water partition coefficient (Wildman–Crippen LogP) is 0.861. The molecule has 6 heteroatoms. The molecule has 1 aliphatic rings. The first-order valence-corrected chi connectivity index (χ1v) is 4.28. The summed E-state index contributed by atoms with van der Waals surface area (Å²) in [6, 6.07) is 0. The Bertz CT molecular complexity index is 242. The van der Waals surface area contributed by atoms with Gasteiger partial charge < -0.3 is 0 Å². The molecule has 1 heterocycles. The van der Waals surface area contributed by atoms with Crippen LogP contribution in [0.1, 0.15) is 0 Å². The van der Waals surface area contributed by atoms with Crippen LogP contribution in [0.2, 0.25) is 0 Å². The molecule has 0 bridgehead atoms. The molecule has 0 aliphatic carbocycles. The van der Waals surface area contributed by atoms with E-state index in [1.165, 1.54) is 0 Å². The van der Waals surface area contributed by atoms with Gasteiger partial charge >= 0.3 is 6.18 Å². The van der Waals surface area contributed by atoms with Crippen LogP contribution in [0, 0.1) is 18.3 Å². The molecule has 0 amide bonds. The minimum atomic E-state index is -4.52. The highest BCUT2D eigenvalue weighted by Crippen LogP contribution is 2.33. The normalized spacial score (nSPS) is 36.3. The van der Waals surface area contributed by atoms with Gasteiger partial charge in [-0.1, -0.05) is 5.92 Å². The second-order valence-electron chi connectivity index (χ2n) is 2.30. The first-order valence-electron chi connectivity index (χ1n) is 3.03. The fourth-order valence-electron chi connectivity index (χ4n) is 0.874. The molecule has 0 aromatic heterocycles. The molecule has 0 spiro atoms. The van der Waals surface area contributed by atoms with Gasteiger partial charge in [-0.25, -0.2) is 4.21 Å². The van der Waals surface area contributed by atoms with Crippen LogP contribution in [0.25, 0.3) is 0 Å². The topological polar surface area (TPSA) is 26.3 Å². The number of alkyl halides is 3. The lowest BCUT2D eigenvalue weighted by atomic mass is 10.1. The van der Waals surface area contributed by atoms with Gasteiger partial charge in [0.2, 0.25) is 0 Å². The Labute approximate surface area is 69.8 Å². The van der Waals surface area contributed by atoms with Gasteiger partial charge in [0.25, 0.3) is 0 Å². The molecule has 0 saturated carbocycles. The monoisotopic (exact) mass is 198 g/mol. The molecule has 0 N–H and O–H groups in total. The van der Waals surface area contributed by atoms with Crippen molar-refractivity contribution in [3.8, 4) is 12.3 Å². The predicted molar refractivity (Wildman–Crippen MR) is 36.3 cm³/mol. The maximum absolute atomic E-state index is 12.0. The van der Waals surface area contributed by atoms with Crippen molar-refractivity contribution in [3.63, 3.8) is 0 Å². The first kappa shape index (κ1) is 9.55. The van der Waals surface area contributed by atoms with Gasteiger partial charge in [0, 0.05) is 0 Å². The molecule has 68 valence electrons. The van der Waals surface area contributed by atoms with Crippen LogP contribution in [0.15, 0.2) is 0 Å². The van der Waals surface area contributed by atoms with Gasteiger partial charge in [-0.2, -0.15) is 13.2 Å². The van der Waals surface area contributed by atoms with E-state index in [0.29, 0.717) is 0 Å². The first-order chi connectivity index (χ1) is 5.45. The number of hydrogen-bond donors (Lipinski definition) is 0. The van der Waals surface area contributed by atoms with E-state index in [1.807, 2.05) is 5.92 Å². The molecular formula is C6H5F3O2S. The average molecular weight is 198 g/mol. The molecule has 0 radical (unpaired) electrons. The third-order valence-corrected chi connectivity index (χ3v) is 2.48. The van der Waals surface area contributed by atoms with E-state index in [0.717, 1.165) is 0 Å². The molecule has 1 saturated heterocycles. The highest BCUT2D eigenvalue weighted by atomic mass is 32.2. The van der Waals surface area contributed by atoms with E-state index in [9.17, 15) is 17.4 Å². The summed E-state index contributed by atoms with van der Waals surface area (Å²) in [6.45, 7) is 0. The molecule has 3 unspecified atom stereocenters. The lowest BCUT2D eigenvalue weighted by Crippen LogP contribution is -2.33. The Morgan fingerprint density at radius 1 is 1.58 bits per heavy atom. The third kappa shape index (κ3) is 1.79. The zero-order valence-electron chi connectivity index (χ0n) is 5.80. The van der Waals surface area contributed by atoms with Crippen LogP contribution < -0.4 is 0 Å². The maximum Gasteiger partial charge on any atom is 0.417 e. The van der Waals surface area contributed by atoms with Crippen molar-refractivity contribution in [1.29, 1.82) is 0 Å². The molecule has 2 nitrogen and oxygen atoms in total. The van der Waals surface area contributed by atoms with Gasteiger partial charge in [0.1, 0.15) is 0 Å². The molecule has 1 rings (SSSR count). The van der Waals surface area contributed by atoms with Gasteiger partial charge in [-0.15, -0.1) is 6.42 Å². The zero-order chi connectivity index (χ0) is 9.35. The van der Waals surface area contributed by atoms with Crippen molar-refractivity contribution < 1.29 is 21.6 Å². The average Bonchev–Trinajstić information content (AvgIpc) is 2.29. The summed E-state index contributed by atoms with van der Waals surface area (Å²) >= 11 is -1.89. The van der Waals surface area contributed by atoms with Crippen LogP contribution in [-0.4, -0.2) is 22.2 Å². The van der Waals surface area contributed by atoms with Crippen molar-refractivity contribution in [2.75, 3.05) is 5.75 Å². The van der Waals surface area contributed by atoms with E-state index < -0.39 is 29.3 Å². The smallest absolute Gasteiger partial charge is 0.276 e. The third-order valence-electron chi connectivity index (χ3n) is 1.43. The quantitative estimate of drug-likeness (QED) is 0.539. The zero-order valence-corrected chi connectivity index (χ0v) is 6.61. The fourth-order valence-corrected chi connectivity index (χ4v) is 1.99. The maximum atomic E-state index is 12.0. The van der Waals surface area contributed by atoms with Crippen LogP contribution >= 0.6 is 0 Å². The Morgan fingerprint density at radius 3 is 2.50 bits per heavy atom. The highest BCUT2D eigenvalue weighted by molar-refractivity contribution is 7.80. The Balaban J connectivity index is 2.79. The second-order valence-corrected chi connectivity index (χ2v) is 3.44. The van der Waals surface area contributed by atoms with Gasteiger partial charge in [0.15, 0.2) is 17.2 Å².